The third-order valence-electron chi connectivity index (χ3n) is 4.25. The molecule has 1 N–H and O–H groups in total. The Kier molecular flexibility index (Phi) is 6.18. The van der Waals surface area contributed by atoms with E-state index in [4.69, 9.17) is 4.74 Å². The third kappa shape index (κ3) is 4.75. The first kappa shape index (κ1) is 17.3. The van der Waals surface area contributed by atoms with E-state index in [2.05, 4.69) is 73.4 Å². The van der Waals surface area contributed by atoms with Crippen LogP contribution in [0, 0.1) is 0 Å². The molecule has 2 unspecified atom stereocenters. The maximum absolute atomic E-state index is 6.03. The number of hydrogen-bond acceptors (Lipinski definition) is 5. The molecule has 1 aromatic carbocycles. The highest BCUT2D eigenvalue weighted by atomic mass is 79.9. The van der Waals surface area contributed by atoms with Gasteiger partial charge in [0.05, 0.1) is 23.2 Å². The van der Waals surface area contributed by atoms with Crippen molar-refractivity contribution in [3.8, 4) is 0 Å². The summed E-state index contributed by atoms with van der Waals surface area (Å²) in [7, 11) is 0. The van der Waals surface area contributed by atoms with Crippen LogP contribution in [0.25, 0.3) is 0 Å². The lowest BCUT2D eigenvalue weighted by Gasteiger charge is -2.37. The van der Waals surface area contributed by atoms with Gasteiger partial charge in [0, 0.05) is 32.0 Å². The van der Waals surface area contributed by atoms with Crippen LogP contribution in [0.1, 0.15) is 18.9 Å². The number of benzene rings is 1. The molecule has 1 aromatic heterocycles. The number of nitrogens with zero attached hydrogens (tertiary/aromatic N) is 3. The Morgan fingerprint density at radius 1 is 1.29 bits per heavy atom. The predicted octanol–water partition coefficient (Wildman–Crippen LogP) is 3.33. The summed E-state index contributed by atoms with van der Waals surface area (Å²) in [5, 5.41) is 3.42. The second-order valence-corrected chi connectivity index (χ2v) is 6.93. The first-order valence-electron chi connectivity index (χ1n) is 8.36. The molecular formula is C18H23BrN4O. The van der Waals surface area contributed by atoms with E-state index < -0.39 is 0 Å². The maximum atomic E-state index is 6.03. The topological polar surface area (TPSA) is 50.3 Å². The molecule has 0 bridgehead atoms. The molecule has 1 fully saturated rings. The van der Waals surface area contributed by atoms with E-state index in [9.17, 15) is 0 Å². The smallest absolute Gasteiger partial charge is 0.222 e. The standard InChI is InChI=1S/C18H23BrN4O/c1-2-16(22-18-20-10-15(19)11-21-18)17-13-23(8-9-24-17)12-14-6-4-3-5-7-14/h3-7,10-11,16-17H,2,8-9,12-13H2,1H3,(H,20,21,22). The van der Waals surface area contributed by atoms with Gasteiger partial charge in [-0.25, -0.2) is 9.97 Å². The van der Waals surface area contributed by atoms with E-state index in [1.165, 1.54) is 5.56 Å². The first-order chi connectivity index (χ1) is 11.7. The molecule has 1 saturated heterocycles. The Morgan fingerprint density at radius 3 is 2.75 bits per heavy atom. The fourth-order valence-corrected chi connectivity index (χ4v) is 3.18. The summed E-state index contributed by atoms with van der Waals surface area (Å²) in [6.45, 7) is 5.77. The summed E-state index contributed by atoms with van der Waals surface area (Å²) >= 11 is 3.36. The summed E-state index contributed by atoms with van der Waals surface area (Å²) in [5.74, 6) is 0.647. The number of ether oxygens (including phenoxy) is 1. The van der Waals surface area contributed by atoms with Gasteiger partial charge in [0.25, 0.3) is 0 Å². The largest absolute Gasteiger partial charge is 0.373 e. The van der Waals surface area contributed by atoms with Crippen LogP contribution in [0.2, 0.25) is 0 Å². The van der Waals surface area contributed by atoms with E-state index in [1.54, 1.807) is 12.4 Å². The van der Waals surface area contributed by atoms with Crippen molar-refractivity contribution >= 4 is 21.9 Å². The van der Waals surface area contributed by atoms with Crippen LogP contribution in [0.4, 0.5) is 5.95 Å². The minimum Gasteiger partial charge on any atom is -0.373 e. The van der Waals surface area contributed by atoms with Gasteiger partial charge >= 0.3 is 0 Å². The molecule has 128 valence electrons. The zero-order chi connectivity index (χ0) is 16.8. The van der Waals surface area contributed by atoms with Crippen molar-refractivity contribution in [2.24, 2.45) is 0 Å². The Morgan fingerprint density at radius 2 is 2.04 bits per heavy atom. The Labute approximate surface area is 151 Å². The zero-order valence-corrected chi connectivity index (χ0v) is 15.4. The van der Waals surface area contributed by atoms with Gasteiger partial charge in [-0.1, -0.05) is 37.3 Å². The molecule has 2 aromatic rings. The number of nitrogens with one attached hydrogen (secondary N) is 1. The molecule has 0 spiro atoms. The summed E-state index contributed by atoms with van der Waals surface area (Å²) in [6, 6.07) is 10.8. The maximum Gasteiger partial charge on any atom is 0.222 e. The normalized spacial score (nSPS) is 19.8. The molecule has 24 heavy (non-hydrogen) atoms. The van der Waals surface area contributed by atoms with Crippen molar-refractivity contribution in [3.05, 3.63) is 52.8 Å². The number of hydrogen-bond donors (Lipinski definition) is 1. The van der Waals surface area contributed by atoms with Crippen LogP contribution < -0.4 is 5.32 Å². The molecule has 3 rings (SSSR count). The van der Waals surface area contributed by atoms with E-state index in [1.807, 2.05) is 0 Å². The summed E-state index contributed by atoms with van der Waals surface area (Å²) in [6.07, 6.45) is 4.61. The molecule has 5 nitrogen and oxygen atoms in total. The van der Waals surface area contributed by atoms with E-state index >= 15 is 0 Å². The number of aromatic nitrogens is 2. The van der Waals surface area contributed by atoms with Gasteiger partial charge in [-0.2, -0.15) is 0 Å². The summed E-state index contributed by atoms with van der Waals surface area (Å²) < 4.78 is 6.90. The average molecular weight is 391 g/mol. The Balaban J connectivity index is 1.60. The van der Waals surface area contributed by atoms with Crippen LogP contribution in [0.5, 0.6) is 0 Å². The highest BCUT2D eigenvalue weighted by Crippen LogP contribution is 2.17. The minimum absolute atomic E-state index is 0.139. The molecular weight excluding hydrogens is 368 g/mol. The molecule has 0 aliphatic carbocycles. The molecule has 0 amide bonds. The van der Waals surface area contributed by atoms with E-state index in [0.29, 0.717) is 5.95 Å². The third-order valence-corrected chi connectivity index (χ3v) is 4.66. The molecule has 1 aliphatic heterocycles. The van der Waals surface area contributed by atoms with E-state index in [-0.39, 0.29) is 12.1 Å². The van der Waals surface area contributed by atoms with Crippen LogP contribution in [0.3, 0.4) is 0 Å². The lowest BCUT2D eigenvalue weighted by Crippen LogP contribution is -2.49. The average Bonchev–Trinajstić information content (AvgIpc) is 2.62. The van der Waals surface area contributed by atoms with Crippen LogP contribution in [0.15, 0.2) is 47.2 Å². The van der Waals surface area contributed by atoms with E-state index in [0.717, 1.165) is 37.1 Å². The van der Waals surface area contributed by atoms with Gasteiger partial charge in [-0.3, -0.25) is 4.90 Å². The Hall–Kier alpha value is -1.50. The van der Waals surface area contributed by atoms with Gasteiger partial charge in [0.2, 0.25) is 5.95 Å². The molecule has 2 heterocycles. The highest BCUT2D eigenvalue weighted by molar-refractivity contribution is 9.10. The monoisotopic (exact) mass is 390 g/mol. The fourth-order valence-electron chi connectivity index (χ4n) is 2.97. The van der Waals surface area contributed by atoms with Crippen molar-refractivity contribution in [2.45, 2.75) is 32.0 Å². The van der Waals surface area contributed by atoms with Gasteiger partial charge in [0.15, 0.2) is 0 Å². The van der Waals surface area contributed by atoms with Gasteiger partial charge < -0.3 is 10.1 Å². The molecule has 0 saturated carbocycles. The lowest BCUT2D eigenvalue weighted by atomic mass is 10.1. The highest BCUT2D eigenvalue weighted by Gasteiger charge is 2.27. The minimum atomic E-state index is 0.139. The molecule has 2 atom stereocenters. The predicted molar refractivity (Wildman–Crippen MR) is 98.9 cm³/mol. The van der Waals surface area contributed by atoms with Crippen molar-refractivity contribution in [1.82, 2.24) is 14.9 Å². The van der Waals surface area contributed by atoms with Gasteiger partial charge in [-0.15, -0.1) is 0 Å². The lowest BCUT2D eigenvalue weighted by molar-refractivity contribution is -0.0403. The Bertz CT molecular complexity index is 623. The molecule has 1 aliphatic rings. The number of anilines is 1. The second-order valence-electron chi connectivity index (χ2n) is 6.01. The number of halogens is 1. The zero-order valence-electron chi connectivity index (χ0n) is 13.9. The van der Waals surface area contributed by atoms with Crippen LogP contribution in [-0.4, -0.2) is 46.7 Å². The second kappa shape index (κ2) is 8.55. The van der Waals surface area contributed by atoms with Crippen molar-refractivity contribution in [2.75, 3.05) is 25.0 Å². The van der Waals surface area contributed by atoms with Crippen LogP contribution >= 0.6 is 15.9 Å². The summed E-state index contributed by atoms with van der Waals surface area (Å²) in [5.41, 5.74) is 1.34. The van der Waals surface area contributed by atoms with Crippen molar-refractivity contribution < 1.29 is 4.74 Å². The summed E-state index contributed by atoms with van der Waals surface area (Å²) in [4.78, 5) is 11.1. The fraction of sp³-hybridized carbons (Fsp3) is 0.444. The van der Waals surface area contributed by atoms with Crippen molar-refractivity contribution in [3.63, 3.8) is 0 Å². The molecule has 0 radical (unpaired) electrons. The SMILES string of the molecule is CCC(Nc1ncc(Br)cn1)C1CN(Cc2ccccc2)CCO1. The quantitative estimate of drug-likeness (QED) is 0.819. The first-order valence-corrected chi connectivity index (χ1v) is 9.16. The number of rotatable bonds is 6. The van der Waals surface area contributed by atoms with Crippen LogP contribution in [-0.2, 0) is 11.3 Å². The van der Waals surface area contributed by atoms with Gasteiger partial charge in [-0.05, 0) is 27.9 Å². The van der Waals surface area contributed by atoms with Gasteiger partial charge in [0.1, 0.15) is 0 Å². The molecule has 6 heteroatoms. The van der Waals surface area contributed by atoms with Crippen molar-refractivity contribution in [1.29, 1.82) is 0 Å². The number of morpholine rings is 1.